The van der Waals surface area contributed by atoms with Gasteiger partial charge in [0.05, 0.1) is 25.3 Å². The van der Waals surface area contributed by atoms with Gasteiger partial charge in [0.15, 0.2) is 5.13 Å². The molecule has 0 aliphatic rings. The summed E-state index contributed by atoms with van der Waals surface area (Å²) in [6, 6.07) is 8.14. The molecule has 3 aromatic rings. The van der Waals surface area contributed by atoms with Crippen LogP contribution in [-0.4, -0.2) is 10.9 Å². The average Bonchev–Trinajstić information content (AvgIpc) is 2.86. The minimum atomic E-state index is -0.372. The van der Waals surface area contributed by atoms with Crippen LogP contribution in [0.15, 0.2) is 30.3 Å². The minimum Gasteiger partial charge on any atom is -0.298 e. The molecule has 0 atom stereocenters. The highest BCUT2D eigenvalue weighted by Gasteiger charge is 2.15. The molecule has 0 radical (unpaired) electrons. The van der Waals surface area contributed by atoms with Crippen LogP contribution in [0.5, 0.6) is 0 Å². The maximum Gasteiger partial charge on any atom is 0.258 e. The van der Waals surface area contributed by atoms with Crippen molar-refractivity contribution in [3.63, 3.8) is 0 Å². The van der Waals surface area contributed by atoms with Crippen molar-refractivity contribution in [3.05, 3.63) is 56.0 Å². The van der Waals surface area contributed by atoms with E-state index in [0.717, 1.165) is 4.70 Å². The monoisotopic (exact) mass is 390 g/mol. The van der Waals surface area contributed by atoms with Crippen LogP contribution < -0.4 is 5.32 Å². The molecule has 1 heterocycles. The minimum absolute atomic E-state index is 0.271. The number of carbonyl (C=O) groups is 1. The summed E-state index contributed by atoms with van der Waals surface area (Å²) in [6.45, 7) is 0. The van der Waals surface area contributed by atoms with Crippen molar-refractivity contribution < 1.29 is 4.79 Å². The number of amides is 1. The van der Waals surface area contributed by atoms with E-state index >= 15 is 0 Å². The molecular weight excluding hydrogens is 386 g/mol. The van der Waals surface area contributed by atoms with Crippen LogP contribution in [0, 0.1) is 0 Å². The van der Waals surface area contributed by atoms with Crippen molar-refractivity contribution in [1.82, 2.24) is 4.98 Å². The van der Waals surface area contributed by atoms with Crippen molar-refractivity contribution in [1.29, 1.82) is 0 Å². The molecule has 1 amide bonds. The lowest BCUT2D eigenvalue weighted by molar-refractivity contribution is 0.102. The maximum atomic E-state index is 12.2. The third-order valence-corrected chi connectivity index (χ3v) is 5.13. The fourth-order valence-electron chi connectivity index (χ4n) is 1.83. The smallest absolute Gasteiger partial charge is 0.258 e. The van der Waals surface area contributed by atoms with Gasteiger partial charge in [-0.2, -0.15) is 0 Å². The van der Waals surface area contributed by atoms with Crippen molar-refractivity contribution >= 4 is 79.0 Å². The van der Waals surface area contributed by atoms with Crippen LogP contribution in [-0.2, 0) is 0 Å². The van der Waals surface area contributed by atoms with Crippen LogP contribution >= 0.6 is 57.7 Å². The number of nitrogens with one attached hydrogen (secondary N) is 1. The Morgan fingerprint density at radius 3 is 2.55 bits per heavy atom. The molecule has 0 spiro atoms. The van der Waals surface area contributed by atoms with Crippen LogP contribution in [0.2, 0.25) is 20.1 Å². The average molecular weight is 392 g/mol. The molecule has 3 rings (SSSR count). The summed E-state index contributed by atoms with van der Waals surface area (Å²) in [6.07, 6.45) is 0. The molecule has 0 fully saturated rings. The lowest BCUT2D eigenvalue weighted by Gasteiger charge is -2.04. The number of aromatic nitrogens is 1. The molecule has 1 aromatic heterocycles. The SMILES string of the molecule is O=C(Nc1nc2c(Cl)c(Cl)ccc2s1)c1ccc(Cl)cc1Cl. The molecule has 3 nitrogen and oxygen atoms in total. The Labute approximate surface area is 149 Å². The topological polar surface area (TPSA) is 42.0 Å². The molecule has 2 aromatic carbocycles. The Balaban J connectivity index is 1.92. The molecule has 0 aliphatic heterocycles. The van der Waals surface area contributed by atoms with Gasteiger partial charge < -0.3 is 0 Å². The summed E-state index contributed by atoms with van der Waals surface area (Å²) in [5, 5.41) is 4.61. The Morgan fingerprint density at radius 1 is 1.05 bits per heavy atom. The van der Waals surface area contributed by atoms with Gasteiger partial charge in [-0.1, -0.05) is 57.7 Å². The highest BCUT2D eigenvalue weighted by atomic mass is 35.5. The quantitative estimate of drug-likeness (QED) is 0.568. The number of fused-ring (bicyclic) bond motifs is 1. The number of hydrogen-bond donors (Lipinski definition) is 1. The molecule has 22 heavy (non-hydrogen) atoms. The maximum absolute atomic E-state index is 12.2. The van der Waals surface area contributed by atoms with Crippen LogP contribution in [0.25, 0.3) is 10.2 Å². The zero-order valence-electron chi connectivity index (χ0n) is 10.7. The number of nitrogens with zero attached hydrogens (tertiary/aromatic N) is 1. The zero-order valence-corrected chi connectivity index (χ0v) is 14.5. The van der Waals surface area contributed by atoms with Crippen LogP contribution in [0.4, 0.5) is 5.13 Å². The van der Waals surface area contributed by atoms with Gasteiger partial charge in [-0.05, 0) is 30.3 Å². The van der Waals surface area contributed by atoms with Crippen molar-refractivity contribution in [2.24, 2.45) is 0 Å². The van der Waals surface area contributed by atoms with E-state index in [1.807, 2.05) is 0 Å². The van der Waals surface area contributed by atoms with Gasteiger partial charge in [-0.15, -0.1) is 0 Å². The Morgan fingerprint density at radius 2 is 1.82 bits per heavy atom. The summed E-state index contributed by atoms with van der Waals surface area (Å²) >= 11 is 25.2. The van der Waals surface area contributed by atoms with E-state index in [4.69, 9.17) is 46.4 Å². The van der Waals surface area contributed by atoms with E-state index in [-0.39, 0.29) is 10.9 Å². The predicted octanol–water partition coefficient (Wildman–Crippen LogP) is 6.16. The molecule has 0 saturated carbocycles. The first-order chi connectivity index (χ1) is 10.5. The van der Waals surface area contributed by atoms with E-state index < -0.39 is 0 Å². The number of rotatable bonds is 2. The number of carbonyl (C=O) groups excluding carboxylic acids is 1. The second-order valence-electron chi connectivity index (χ2n) is 4.31. The summed E-state index contributed by atoms with van der Waals surface area (Å²) in [5.74, 6) is -0.372. The molecule has 0 aliphatic carbocycles. The fraction of sp³-hybridized carbons (Fsp3) is 0. The van der Waals surface area contributed by atoms with Gasteiger partial charge in [0, 0.05) is 5.02 Å². The molecular formula is C14H6Cl4N2OS. The van der Waals surface area contributed by atoms with Gasteiger partial charge in [0.2, 0.25) is 0 Å². The first kappa shape index (κ1) is 15.8. The molecule has 112 valence electrons. The fourth-order valence-corrected chi connectivity index (χ4v) is 3.61. The van der Waals surface area contributed by atoms with Gasteiger partial charge in [0.25, 0.3) is 5.91 Å². The van der Waals surface area contributed by atoms with Gasteiger partial charge in [-0.25, -0.2) is 4.98 Å². The van der Waals surface area contributed by atoms with Crippen molar-refractivity contribution in [3.8, 4) is 0 Å². The molecule has 0 unspecified atom stereocenters. The summed E-state index contributed by atoms with van der Waals surface area (Å²) < 4.78 is 0.826. The first-order valence-electron chi connectivity index (χ1n) is 5.96. The predicted molar refractivity (Wildman–Crippen MR) is 94.1 cm³/mol. The number of hydrogen-bond acceptors (Lipinski definition) is 3. The van der Waals surface area contributed by atoms with E-state index in [1.165, 1.54) is 17.4 Å². The lowest BCUT2D eigenvalue weighted by atomic mass is 10.2. The summed E-state index contributed by atoms with van der Waals surface area (Å²) in [7, 11) is 0. The molecule has 0 bridgehead atoms. The summed E-state index contributed by atoms with van der Waals surface area (Å²) in [5.41, 5.74) is 0.867. The van der Waals surface area contributed by atoms with E-state index in [2.05, 4.69) is 10.3 Å². The molecule has 0 saturated heterocycles. The van der Waals surface area contributed by atoms with Crippen molar-refractivity contribution in [2.75, 3.05) is 5.32 Å². The Bertz CT molecular complexity index is 894. The standard InChI is InChI=1S/C14H6Cl4N2OS/c15-6-1-2-7(9(17)5-6)13(21)20-14-19-12-10(22-14)4-3-8(16)11(12)18/h1-5H,(H,19,20,21). The number of benzene rings is 2. The highest BCUT2D eigenvalue weighted by Crippen LogP contribution is 2.35. The van der Waals surface area contributed by atoms with E-state index in [9.17, 15) is 4.79 Å². The number of halogens is 4. The summed E-state index contributed by atoms with van der Waals surface area (Å²) in [4.78, 5) is 16.5. The number of anilines is 1. The normalized spacial score (nSPS) is 10.9. The third-order valence-electron chi connectivity index (χ3n) is 2.85. The Hall–Kier alpha value is -1.04. The van der Waals surface area contributed by atoms with E-state index in [0.29, 0.717) is 31.3 Å². The molecule has 8 heteroatoms. The highest BCUT2D eigenvalue weighted by molar-refractivity contribution is 7.22. The zero-order chi connectivity index (χ0) is 15.9. The lowest BCUT2D eigenvalue weighted by Crippen LogP contribution is -2.12. The van der Waals surface area contributed by atoms with Gasteiger partial charge in [-0.3, -0.25) is 10.1 Å². The van der Waals surface area contributed by atoms with Crippen LogP contribution in [0.1, 0.15) is 10.4 Å². The third kappa shape index (κ3) is 3.03. The first-order valence-corrected chi connectivity index (χ1v) is 8.29. The second kappa shape index (κ2) is 6.22. The largest absolute Gasteiger partial charge is 0.298 e. The van der Waals surface area contributed by atoms with Crippen LogP contribution in [0.3, 0.4) is 0 Å². The number of thiazole rings is 1. The molecule has 1 N–H and O–H groups in total. The van der Waals surface area contributed by atoms with E-state index in [1.54, 1.807) is 24.3 Å². The van der Waals surface area contributed by atoms with Gasteiger partial charge in [0.1, 0.15) is 5.52 Å². The van der Waals surface area contributed by atoms with Crippen molar-refractivity contribution in [2.45, 2.75) is 0 Å². The van der Waals surface area contributed by atoms with Gasteiger partial charge >= 0.3 is 0 Å². The Kier molecular flexibility index (Phi) is 4.48. The second-order valence-corrected chi connectivity index (χ2v) is 6.96.